The summed E-state index contributed by atoms with van der Waals surface area (Å²) in [7, 11) is 0. The Morgan fingerprint density at radius 3 is 2.56 bits per heavy atom. The Bertz CT molecular complexity index is 686. The number of piperazine rings is 1. The van der Waals surface area contributed by atoms with Gasteiger partial charge in [0.1, 0.15) is 0 Å². The molecule has 148 valence electrons. The lowest BCUT2D eigenvalue weighted by molar-refractivity contribution is -0.141. The highest BCUT2D eigenvalue weighted by atomic mass is 35.5. The van der Waals surface area contributed by atoms with E-state index in [1.807, 2.05) is 34.9 Å². The van der Waals surface area contributed by atoms with E-state index in [0.29, 0.717) is 13.0 Å². The number of halogens is 1. The number of aryl methyl sites for hydroxylation is 1. The van der Waals surface area contributed by atoms with Crippen molar-refractivity contribution in [2.75, 3.05) is 44.2 Å². The first-order valence-corrected chi connectivity index (χ1v) is 10.4. The van der Waals surface area contributed by atoms with Crippen molar-refractivity contribution in [1.82, 2.24) is 9.80 Å². The number of carbonyl (C=O) groups excluding carboxylic acids is 2. The molecule has 3 rings (SSSR count). The van der Waals surface area contributed by atoms with Crippen molar-refractivity contribution in [3.05, 3.63) is 28.8 Å². The number of anilines is 1. The summed E-state index contributed by atoms with van der Waals surface area (Å²) in [4.78, 5) is 31.4. The van der Waals surface area contributed by atoms with Crippen molar-refractivity contribution in [3.8, 4) is 0 Å². The summed E-state index contributed by atoms with van der Waals surface area (Å²) in [6.45, 7) is 8.58. The molecular formula is C21H30ClN3O2. The van der Waals surface area contributed by atoms with Crippen LogP contribution in [-0.2, 0) is 9.59 Å². The van der Waals surface area contributed by atoms with Gasteiger partial charge in [-0.1, -0.05) is 24.6 Å². The molecule has 5 nitrogen and oxygen atoms in total. The number of carbonyl (C=O) groups is 2. The Kier molecular flexibility index (Phi) is 6.64. The molecule has 1 unspecified atom stereocenters. The molecule has 2 saturated heterocycles. The van der Waals surface area contributed by atoms with E-state index in [9.17, 15) is 9.59 Å². The number of hydrogen-bond acceptors (Lipinski definition) is 3. The number of likely N-dealkylation sites (tertiary alicyclic amines) is 1. The van der Waals surface area contributed by atoms with Crippen LogP contribution < -0.4 is 4.90 Å². The molecule has 2 heterocycles. The summed E-state index contributed by atoms with van der Waals surface area (Å²) in [6, 6.07) is 5.96. The van der Waals surface area contributed by atoms with E-state index in [2.05, 4.69) is 11.8 Å². The number of benzene rings is 1. The molecule has 0 bridgehead atoms. The van der Waals surface area contributed by atoms with Crippen LogP contribution in [0.25, 0.3) is 0 Å². The minimum Gasteiger partial charge on any atom is -0.368 e. The van der Waals surface area contributed by atoms with Gasteiger partial charge in [0.25, 0.3) is 0 Å². The van der Waals surface area contributed by atoms with Crippen LogP contribution in [0.1, 0.15) is 38.2 Å². The molecule has 1 atom stereocenters. The number of nitrogens with zero attached hydrogens (tertiary/aromatic N) is 3. The van der Waals surface area contributed by atoms with Gasteiger partial charge in [0.15, 0.2) is 0 Å². The number of hydrogen-bond donors (Lipinski definition) is 0. The number of amides is 2. The Labute approximate surface area is 167 Å². The molecule has 2 fully saturated rings. The molecule has 6 heteroatoms. The molecule has 0 saturated carbocycles. The minimum absolute atomic E-state index is 0.0426. The SMILES string of the molecule is CCCC(=O)N1CCCC(C(=O)N2CCN(c3cc(Cl)ccc3C)CC2)C1. The van der Waals surface area contributed by atoms with Crippen LogP contribution in [0, 0.1) is 12.8 Å². The highest BCUT2D eigenvalue weighted by molar-refractivity contribution is 6.30. The molecule has 27 heavy (non-hydrogen) atoms. The third kappa shape index (κ3) is 4.75. The molecule has 0 N–H and O–H groups in total. The van der Waals surface area contributed by atoms with E-state index in [4.69, 9.17) is 11.6 Å². The van der Waals surface area contributed by atoms with Gasteiger partial charge in [-0.3, -0.25) is 9.59 Å². The number of piperidine rings is 1. The van der Waals surface area contributed by atoms with E-state index in [-0.39, 0.29) is 17.7 Å². The fourth-order valence-electron chi connectivity index (χ4n) is 4.13. The smallest absolute Gasteiger partial charge is 0.227 e. The van der Waals surface area contributed by atoms with Gasteiger partial charge in [-0.2, -0.15) is 0 Å². The van der Waals surface area contributed by atoms with Gasteiger partial charge >= 0.3 is 0 Å². The van der Waals surface area contributed by atoms with Gasteiger partial charge in [0.2, 0.25) is 11.8 Å². The molecule has 0 radical (unpaired) electrons. The summed E-state index contributed by atoms with van der Waals surface area (Å²) in [5, 5.41) is 0.744. The van der Waals surface area contributed by atoms with E-state index in [0.717, 1.165) is 62.7 Å². The highest BCUT2D eigenvalue weighted by Gasteiger charge is 2.32. The lowest BCUT2D eigenvalue weighted by atomic mass is 9.95. The van der Waals surface area contributed by atoms with Crippen molar-refractivity contribution in [2.45, 2.75) is 39.5 Å². The van der Waals surface area contributed by atoms with Gasteiger partial charge in [-0.15, -0.1) is 0 Å². The average molecular weight is 392 g/mol. The van der Waals surface area contributed by atoms with Gasteiger partial charge in [-0.05, 0) is 43.9 Å². The molecule has 1 aromatic rings. The highest BCUT2D eigenvalue weighted by Crippen LogP contribution is 2.26. The van der Waals surface area contributed by atoms with Crippen molar-refractivity contribution in [3.63, 3.8) is 0 Å². The summed E-state index contributed by atoms with van der Waals surface area (Å²) >= 11 is 6.15. The van der Waals surface area contributed by atoms with Gasteiger partial charge in [0.05, 0.1) is 5.92 Å². The first-order valence-electron chi connectivity index (χ1n) is 10.1. The zero-order valence-electron chi connectivity index (χ0n) is 16.4. The Hall–Kier alpha value is -1.75. The zero-order chi connectivity index (χ0) is 19.4. The molecule has 1 aromatic carbocycles. The average Bonchev–Trinajstić information content (AvgIpc) is 2.70. The second-order valence-corrected chi connectivity index (χ2v) is 8.11. The normalized spacial score (nSPS) is 20.7. The minimum atomic E-state index is -0.0426. The van der Waals surface area contributed by atoms with Crippen LogP contribution in [0.4, 0.5) is 5.69 Å². The second kappa shape index (κ2) is 8.96. The topological polar surface area (TPSA) is 43.9 Å². The van der Waals surface area contributed by atoms with Crippen molar-refractivity contribution in [2.24, 2.45) is 5.92 Å². The Morgan fingerprint density at radius 2 is 1.85 bits per heavy atom. The largest absolute Gasteiger partial charge is 0.368 e. The van der Waals surface area contributed by atoms with Crippen LogP contribution in [0.3, 0.4) is 0 Å². The zero-order valence-corrected chi connectivity index (χ0v) is 17.2. The first kappa shape index (κ1) is 20.0. The van der Waals surface area contributed by atoms with Crippen molar-refractivity contribution >= 4 is 29.1 Å². The van der Waals surface area contributed by atoms with E-state index < -0.39 is 0 Å². The van der Waals surface area contributed by atoms with E-state index in [1.54, 1.807) is 0 Å². The summed E-state index contributed by atoms with van der Waals surface area (Å²) in [5.41, 5.74) is 2.36. The lowest BCUT2D eigenvalue weighted by Crippen LogP contribution is -2.53. The third-order valence-electron chi connectivity index (χ3n) is 5.69. The maximum atomic E-state index is 13.0. The van der Waals surface area contributed by atoms with Crippen LogP contribution in [0.2, 0.25) is 5.02 Å². The van der Waals surface area contributed by atoms with Gasteiger partial charge < -0.3 is 14.7 Å². The summed E-state index contributed by atoms with van der Waals surface area (Å²) in [5.74, 6) is 0.363. The van der Waals surface area contributed by atoms with Crippen LogP contribution >= 0.6 is 11.6 Å². The molecule has 2 amide bonds. The predicted octanol–water partition coefficient (Wildman–Crippen LogP) is 3.34. The van der Waals surface area contributed by atoms with E-state index in [1.165, 1.54) is 5.56 Å². The number of rotatable bonds is 4. The molecule has 0 spiro atoms. The summed E-state index contributed by atoms with van der Waals surface area (Å²) < 4.78 is 0. The second-order valence-electron chi connectivity index (χ2n) is 7.67. The maximum absolute atomic E-state index is 13.0. The third-order valence-corrected chi connectivity index (χ3v) is 5.93. The molecule has 0 aliphatic carbocycles. The maximum Gasteiger partial charge on any atom is 0.227 e. The molecule has 2 aliphatic heterocycles. The van der Waals surface area contributed by atoms with Crippen LogP contribution in [-0.4, -0.2) is 60.9 Å². The monoisotopic (exact) mass is 391 g/mol. The Balaban J connectivity index is 1.56. The van der Waals surface area contributed by atoms with Crippen LogP contribution in [0.15, 0.2) is 18.2 Å². The fourth-order valence-corrected chi connectivity index (χ4v) is 4.29. The predicted molar refractivity (Wildman–Crippen MR) is 109 cm³/mol. The van der Waals surface area contributed by atoms with Crippen molar-refractivity contribution < 1.29 is 9.59 Å². The van der Waals surface area contributed by atoms with Gasteiger partial charge in [-0.25, -0.2) is 0 Å². The van der Waals surface area contributed by atoms with Crippen molar-refractivity contribution in [1.29, 1.82) is 0 Å². The lowest BCUT2D eigenvalue weighted by Gasteiger charge is -2.40. The molecular weight excluding hydrogens is 362 g/mol. The quantitative estimate of drug-likeness (QED) is 0.790. The fraction of sp³-hybridized carbons (Fsp3) is 0.619. The Morgan fingerprint density at radius 1 is 1.11 bits per heavy atom. The molecule has 0 aromatic heterocycles. The first-order chi connectivity index (χ1) is 13.0. The van der Waals surface area contributed by atoms with Crippen LogP contribution in [0.5, 0.6) is 0 Å². The summed E-state index contributed by atoms with van der Waals surface area (Å²) in [6.07, 6.45) is 3.26. The van der Waals surface area contributed by atoms with E-state index >= 15 is 0 Å². The van der Waals surface area contributed by atoms with Gasteiger partial charge in [0, 0.05) is 56.4 Å². The molecule has 2 aliphatic rings. The standard InChI is InChI=1S/C21H30ClN3O2/c1-3-5-20(26)25-9-4-6-17(15-25)21(27)24-12-10-23(11-13-24)19-14-18(22)8-7-16(19)2/h7-8,14,17H,3-6,9-13,15H2,1-2H3.